The summed E-state index contributed by atoms with van der Waals surface area (Å²) in [6.45, 7) is 4.37. The molecule has 0 radical (unpaired) electrons. The van der Waals surface area contributed by atoms with Gasteiger partial charge in [-0.2, -0.15) is 0 Å². The van der Waals surface area contributed by atoms with Crippen LogP contribution in [0.25, 0.3) is 0 Å². The first-order chi connectivity index (χ1) is 9.17. The normalized spacial score (nSPS) is 20.0. The molecule has 0 aliphatic heterocycles. The molecule has 1 heterocycles. The smallest absolute Gasteiger partial charge is 0.312 e. The number of carbonyl (C=O) groups is 1. The molecule has 1 aliphatic rings. The number of carboxylic acid groups (broad SMARTS) is 1. The third kappa shape index (κ3) is 2.99. The van der Waals surface area contributed by atoms with Crippen molar-refractivity contribution in [2.75, 3.05) is 0 Å². The van der Waals surface area contributed by atoms with Crippen molar-refractivity contribution in [3.8, 4) is 0 Å². The maximum absolute atomic E-state index is 11.3. The van der Waals surface area contributed by atoms with E-state index in [1.165, 1.54) is 12.8 Å². The number of fused-ring (bicyclic) bond motifs is 1. The molecular formula is C15H24N2O2. The van der Waals surface area contributed by atoms with Gasteiger partial charge in [-0.3, -0.25) is 4.79 Å². The van der Waals surface area contributed by atoms with E-state index in [1.54, 1.807) is 0 Å². The lowest BCUT2D eigenvalue weighted by molar-refractivity contribution is -0.139. The Morgan fingerprint density at radius 1 is 1.53 bits per heavy atom. The number of imidazole rings is 1. The molecule has 2 rings (SSSR count). The zero-order chi connectivity index (χ0) is 13.8. The number of nitrogens with one attached hydrogen (secondary N) is 1. The van der Waals surface area contributed by atoms with Crippen molar-refractivity contribution in [2.45, 2.75) is 70.6 Å². The second-order valence-corrected chi connectivity index (χ2v) is 5.52. The SMILES string of the molecule is CCCCC(CC)c1nc2c([nH]1)CCCC2C(=O)O. The Kier molecular flexibility index (Phi) is 4.61. The number of aromatic amines is 1. The van der Waals surface area contributed by atoms with E-state index in [9.17, 15) is 9.90 Å². The summed E-state index contributed by atoms with van der Waals surface area (Å²) in [4.78, 5) is 19.3. The molecule has 1 aromatic rings. The van der Waals surface area contributed by atoms with Gasteiger partial charge in [0.2, 0.25) is 0 Å². The van der Waals surface area contributed by atoms with Crippen molar-refractivity contribution < 1.29 is 9.90 Å². The zero-order valence-corrected chi connectivity index (χ0v) is 11.9. The highest BCUT2D eigenvalue weighted by molar-refractivity contribution is 5.76. The number of rotatable bonds is 6. The number of aryl methyl sites for hydroxylation is 1. The minimum atomic E-state index is -0.736. The highest BCUT2D eigenvalue weighted by Gasteiger charge is 2.30. The average Bonchev–Trinajstić information content (AvgIpc) is 2.82. The summed E-state index contributed by atoms with van der Waals surface area (Å²) in [5.41, 5.74) is 1.85. The number of hydrogen-bond acceptors (Lipinski definition) is 2. The van der Waals surface area contributed by atoms with Crippen LogP contribution in [-0.4, -0.2) is 21.0 Å². The fraction of sp³-hybridized carbons (Fsp3) is 0.733. The highest BCUT2D eigenvalue weighted by Crippen LogP contribution is 2.33. The van der Waals surface area contributed by atoms with Gasteiger partial charge >= 0.3 is 5.97 Å². The summed E-state index contributed by atoms with van der Waals surface area (Å²) in [6.07, 6.45) is 7.19. The lowest BCUT2D eigenvalue weighted by Gasteiger charge is -2.16. The third-order valence-electron chi connectivity index (χ3n) is 4.16. The Labute approximate surface area is 114 Å². The Morgan fingerprint density at radius 3 is 2.95 bits per heavy atom. The Morgan fingerprint density at radius 2 is 2.32 bits per heavy atom. The van der Waals surface area contributed by atoms with Crippen LogP contribution in [0.4, 0.5) is 0 Å². The van der Waals surface area contributed by atoms with Crippen molar-refractivity contribution in [3.05, 3.63) is 17.2 Å². The van der Waals surface area contributed by atoms with Crippen LogP contribution in [0, 0.1) is 0 Å². The largest absolute Gasteiger partial charge is 0.481 e. The second kappa shape index (κ2) is 6.22. The summed E-state index contributed by atoms with van der Waals surface area (Å²) in [6, 6.07) is 0. The van der Waals surface area contributed by atoms with Crippen molar-refractivity contribution in [3.63, 3.8) is 0 Å². The molecule has 0 amide bonds. The lowest BCUT2D eigenvalue weighted by atomic mass is 9.90. The number of H-pyrrole nitrogens is 1. The van der Waals surface area contributed by atoms with Gasteiger partial charge in [0, 0.05) is 11.6 Å². The fourth-order valence-electron chi connectivity index (χ4n) is 2.96. The van der Waals surface area contributed by atoms with Crippen molar-refractivity contribution in [2.24, 2.45) is 0 Å². The van der Waals surface area contributed by atoms with E-state index in [0.29, 0.717) is 5.92 Å². The Balaban J connectivity index is 2.22. The first-order valence-corrected chi connectivity index (χ1v) is 7.48. The molecule has 0 spiro atoms. The van der Waals surface area contributed by atoms with Crippen LogP contribution in [-0.2, 0) is 11.2 Å². The first kappa shape index (κ1) is 14.1. The molecule has 4 heteroatoms. The predicted octanol–water partition coefficient (Wildman–Crippen LogP) is 3.60. The minimum Gasteiger partial charge on any atom is -0.481 e. The van der Waals surface area contributed by atoms with Crippen LogP contribution in [0.15, 0.2) is 0 Å². The molecule has 0 bridgehead atoms. The van der Waals surface area contributed by atoms with E-state index in [1.807, 2.05) is 0 Å². The average molecular weight is 264 g/mol. The first-order valence-electron chi connectivity index (χ1n) is 7.48. The molecule has 0 saturated heterocycles. The fourth-order valence-corrected chi connectivity index (χ4v) is 2.96. The monoisotopic (exact) mass is 264 g/mol. The van der Waals surface area contributed by atoms with Crippen molar-refractivity contribution in [1.29, 1.82) is 0 Å². The minimum absolute atomic E-state index is 0.405. The number of unbranched alkanes of at least 4 members (excludes halogenated alkanes) is 1. The van der Waals surface area contributed by atoms with Crippen LogP contribution >= 0.6 is 0 Å². The van der Waals surface area contributed by atoms with E-state index in [-0.39, 0.29) is 0 Å². The van der Waals surface area contributed by atoms with Gasteiger partial charge < -0.3 is 10.1 Å². The molecule has 0 saturated carbocycles. The number of aliphatic carboxylic acids is 1. The van der Waals surface area contributed by atoms with Gasteiger partial charge in [-0.05, 0) is 32.1 Å². The summed E-state index contributed by atoms with van der Waals surface area (Å²) < 4.78 is 0. The number of aromatic nitrogens is 2. The molecule has 1 aromatic heterocycles. The number of hydrogen-bond donors (Lipinski definition) is 2. The van der Waals surface area contributed by atoms with Gasteiger partial charge in [0.1, 0.15) is 11.7 Å². The summed E-state index contributed by atoms with van der Waals surface area (Å²) in [5.74, 6) is 0.312. The van der Waals surface area contributed by atoms with Gasteiger partial charge in [-0.1, -0.05) is 26.7 Å². The molecular weight excluding hydrogens is 240 g/mol. The second-order valence-electron chi connectivity index (χ2n) is 5.52. The van der Waals surface area contributed by atoms with Gasteiger partial charge in [-0.25, -0.2) is 4.98 Å². The molecule has 0 fully saturated rings. The maximum atomic E-state index is 11.3. The van der Waals surface area contributed by atoms with Crippen LogP contribution in [0.3, 0.4) is 0 Å². The maximum Gasteiger partial charge on any atom is 0.312 e. The standard InChI is InChI=1S/C15H24N2O2/c1-3-5-7-10(4-2)14-16-12-9-6-8-11(15(18)19)13(12)17-14/h10-11H,3-9H2,1-2H3,(H,16,17)(H,18,19). The Bertz CT molecular complexity index is 439. The molecule has 0 aromatic carbocycles. The summed E-state index contributed by atoms with van der Waals surface area (Å²) in [7, 11) is 0. The summed E-state index contributed by atoms with van der Waals surface area (Å²) >= 11 is 0. The van der Waals surface area contributed by atoms with Gasteiger partial charge in [0.15, 0.2) is 0 Å². The topological polar surface area (TPSA) is 66.0 Å². The highest BCUT2D eigenvalue weighted by atomic mass is 16.4. The van der Waals surface area contributed by atoms with Crippen molar-refractivity contribution in [1.82, 2.24) is 9.97 Å². The van der Waals surface area contributed by atoms with Crippen LogP contribution in [0.2, 0.25) is 0 Å². The molecule has 4 nitrogen and oxygen atoms in total. The van der Waals surface area contributed by atoms with Crippen LogP contribution < -0.4 is 0 Å². The van der Waals surface area contributed by atoms with E-state index in [0.717, 1.165) is 49.3 Å². The molecule has 1 aliphatic carbocycles. The van der Waals surface area contributed by atoms with Crippen molar-refractivity contribution >= 4 is 5.97 Å². The van der Waals surface area contributed by atoms with E-state index >= 15 is 0 Å². The van der Waals surface area contributed by atoms with Gasteiger partial charge in [-0.15, -0.1) is 0 Å². The lowest BCUT2D eigenvalue weighted by Crippen LogP contribution is -2.17. The molecule has 19 heavy (non-hydrogen) atoms. The zero-order valence-electron chi connectivity index (χ0n) is 11.9. The van der Waals surface area contributed by atoms with E-state index in [2.05, 4.69) is 23.8 Å². The summed E-state index contributed by atoms with van der Waals surface area (Å²) in [5, 5.41) is 9.28. The quantitative estimate of drug-likeness (QED) is 0.825. The van der Waals surface area contributed by atoms with Gasteiger partial charge in [0.25, 0.3) is 0 Å². The predicted molar refractivity (Wildman–Crippen MR) is 74.5 cm³/mol. The number of carboxylic acids is 1. The van der Waals surface area contributed by atoms with E-state index in [4.69, 9.17) is 0 Å². The Hall–Kier alpha value is -1.32. The van der Waals surface area contributed by atoms with Gasteiger partial charge in [0.05, 0.1) is 5.69 Å². The van der Waals surface area contributed by atoms with Crippen LogP contribution in [0.5, 0.6) is 0 Å². The van der Waals surface area contributed by atoms with E-state index < -0.39 is 11.9 Å². The molecule has 2 atom stereocenters. The van der Waals surface area contributed by atoms with Crippen LogP contribution in [0.1, 0.15) is 81.4 Å². The molecule has 2 unspecified atom stereocenters. The molecule has 106 valence electrons. The number of nitrogens with zero attached hydrogens (tertiary/aromatic N) is 1. The third-order valence-corrected chi connectivity index (χ3v) is 4.16. The molecule has 2 N–H and O–H groups in total.